The molecule has 0 bridgehead atoms. The highest BCUT2D eigenvalue weighted by Crippen LogP contribution is 2.66. The summed E-state index contributed by atoms with van der Waals surface area (Å²) in [5.74, 6) is -0.729. The molecule has 0 saturated carbocycles. The minimum Gasteiger partial charge on any atom is -0.436 e. The maximum Gasteiger partial charge on any atom is 0.490 e. The molecule has 4 aromatic rings. The molecule has 1 aliphatic rings. The van der Waals surface area contributed by atoms with Gasteiger partial charge in [-0.05, 0) is 24.3 Å². The quantitative estimate of drug-likeness (QED) is 0.131. The number of aliphatic hydroxyl groups excluding tert-OH is 1. The monoisotopic (exact) mass is 679 g/mol. The van der Waals surface area contributed by atoms with Crippen LogP contribution >= 0.6 is 23.5 Å². The van der Waals surface area contributed by atoms with Crippen LogP contribution in [-0.4, -0.2) is 58.0 Å². The molecule has 1 aliphatic heterocycles. The number of H-pyrrole nitrogens is 1. The van der Waals surface area contributed by atoms with Gasteiger partial charge in [0.1, 0.15) is 23.7 Å². The number of hydrogen-bond donors (Lipinski definition) is 6. The lowest BCUT2D eigenvalue weighted by Crippen LogP contribution is -2.33. The van der Waals surface area contributed by atoms with Crippen LogP contribution in [0.5, 0.6) is 0 Å². The zero-order valence-electron chi connectivity index (χ0n) is 21.7. The van der Waals surface area contributed by atoms with Gasteiger partial charge in [0.15, 0.2) is 5.58 Å². The Hall–Kier alpha value is -3.15. The van der Waals surface area contributed by atoms with E-state index in [-0.39, 0.29) is 29.0 Å². The van der Waals surface area contributed by atoms with Gasteiger partial charge >= 0.3 is 29.2 Å². The first-order valence-corrected chi connectivity index (χ1v) is 16.7. The molecule has 44 heavy (non-hydrogen) atoms. The Bertz CT molecular complexity index is 1960. The van der Waals surface area contributed by atoms with Crippen LogP contribution in [-0.2, 0) is 31.6 Å². The largest absolute Gasteiger partial charge is 0.490 e. The van der Waals surface area contributed by atoms with Gasteiger partial charge in [0.05, 0.1) is 18.3 Å². The van der Waals surface area contributed by atoms with Crippen LogP contribution in [0, 0.1) is 5.82 Å². The van der Waals surface area contributed by atoms with E-state index in [0.717, 1.165) is 16.8 Å². The van der Waals surface area contributed by atoms with Crippen molar-refractivity contribution in [2.45, 2.75) is 24.9 Å². The van der Waals surface area contributed by atoms with Crippen LogP contribution in [0.2, 0.25) is 0 Å². The zero-order chi connectivity index (χ0) is 32.0. The minimum atomic E-state index is -5.77. The third kappa shape index (κ3) is 7.38. The summed E-state index contributed by atoms with van der Waals surface area (Å²) < 4.78 is 73.1. The van der Waals surface area contributed by atoms with Crippen LogP contribution < -0.4 is 11.2 Å². The molecule has 6 N–H and O–H groups in total. The highest BCUT2D eigenvalue weighted by atomic mass is 31.3. The van der Waals surface area contributed by atoms with Crippen molar-refractivity contribution in [1.29, 1.82) is 0 Å². The summed E-state index contributed by atoms with van der Waals surface area (Å²) in [5, 5.41) is 10.4. The van der Waals surface area contributed by atoms with Crippen LogP contribution in [0.1, 0.15) is 12.6 Å². The topological polar surface area (TPSA) is 270 Å². The molecule has 0 amide bonds. The Morgan fingerprint density at radius 2 is 1.75 bits per heavy atom. The molecule has 0 aliphatic carbocycles. The van der Waals surface area contributed by atoms with Crippen LogP contribution in [0.25, 0.3) is 33.7 Å². The predicted octanol–water partition coefficient (Wildman–Crippen LogP) is 2.14. The third-order valence-corrected chi connectivity index (χ3v) is 9.90. The summed E-state index contributed by atoms with van der Waals surface area (Å²) in [6, 6.07) is 10.7. The number of aliphatic hydroxyl groups is 1. The van der Waals surface area contributed by atoms with Gasteiger partial charge in [0, 0.05) is 23.7 Å². The number of nitrogens with one attached hydrogen (secondary N) is 1. The maximum absolute atomic E-state index is 15.3. The van der Waals surface area contributed by atoms with Crippen molar-refractivity contribution in [2.24, 2.45) is 0 Å². The van der Waals surface area contributed by atoms with E-state index < -0.39 is 65.6 Å². The number of rotatable bonds is 10. The summed E-state index contributed by atoms with van der Waals surface area (Å²) in [5.41, 5.74) is -1.14. The number of para-hydroxylation sites is 2. The lowest BCUT2D eigenvalue weighted by molar-refractivity contribution is -0.0449. The van der Waals surface area contributed by atoms with E-state index in [1.165, 1.54) is 12.1 Å². The Labute approximate surface area is 243 Å². The molecule has 2 aromatic heterocycles. The number of phosphoric ester groups is 1. The third-order valence-electron chi connectivity index (χ3n) is 6.10. The Balaban J connectivity index is 1.33. The summed E-state index contributed by atoms with van der Waals surface area (Å²) in [4.78, 5) is 67.6. The van der Waals surface area contributed by atoms with Gasteiger partial charge in [0.25, 0.3) is 5.56 Å². The molecule has 5 rings (SSSR count). The van der Waals surface area contributed by atoms with Crippen molar-refractivity contribution in [2.75, 3.05) is 6.61 Å². The number of fused-ring (bicyclic) bond motifs is 1. The van der Waals surface area contributed by atoms with E-state index >= 15 is 4.39 Å². The fraction of sp³-hybridized carbons (Fsp3) is 0.227. The Morgan fingerprint density at radius 3 is 2.43 bits per heavy atom. The second-order valence-electron chi connectivity index (χ2n) is 9.21. The zero-order valence-corrected chi connectivity index (χ0v) is 24.4. The average Bonchev–Trinajstić information content (AvgIpc) is 3.49. The van der Waals surface area contributed by atoms with E-state index in [4.69, 9.17) is 18.9 Å². The van der Waals surface area contributed by atoms with E-state index in [2.05, 4.69) is 18.1 Å². The molecule has 5 atom stereocenters. The SMILES string of the molecule is O=c1[nH]c(=O)n([C@H]2C[C@H](O)[C@@H](COP(=O)(O)OP(=O)(O)OP(=O)(O)O)O2)cc1-c1ccc(-c2nc3ccccc3o2)cc1F. The average molecular weight is 679 g/mol. The number of benzene rings is 2. The number of aromatic nitrogens is 3. The van der Waals surface area contributed by atoms with Crippen molar-refractivity contribution < 1.29 is 65.1 Å². The van der Waals surface area contributed by atoms with Crippen LogP contribution in [0.4, 0.5) is 4.39 Å². The number of oxazole rings is 1. The Kier molecular flexibility index (Phi) is 8.78. The van der Waals surface area contributed by atoms with Crippen LogP contribution in [0.3, 0.4) is 0 Å². The highest BCUT2D eigenvalue weighted by Gasteiger charge is 2.43. The van der Waals surface area contributed by atoms with Gasteiger partial charge in [-0.3, -0.25) is 18.9 Å². The molecular weight excluding hydrogens is 658 g/mol. The normalized spacial score (nSPS) is 21.7. The number of halogens is 1. The Morgan fingerprint density at radius 1 is 1.02 bits per heavy atom. The molecule has 0 radical (unpaired) electrons. The van der Waals surface area contributed by atoms with Gasteiger partial charge in [-0.25, -0.2) is 27.9 Å². The first-order chi connectivity index (χ1) is 20.5. The number of aromatic amines is 1. The molecule has 2 aromatic carbocycles. The minimum absolute atomic E-state index is 0.131. The lowest BCUT2D eigenvalue weighted by atomic mass is 10.1. The number of nitrogens with zero attached hydrogens (tertiary/aromatic N) is 2. The number of hydrogen-bond acceptors (Lipinski definition) is 12. The lowest BCUT2D eigenvalue weighted by Gasteiger charge is -2.19. The maximum atomic E-state index is 15.3. The summed E-state index contributed by atoms with van der Waals surface area (Å²) in [7, 11) is -16.9. The molecular formula is C22H21FN3O15P3. The standard InChI is InChI=1S/C22H21FN3O15P3/c23-14-7-11(21-24-15-3-1-2-4-17(15)39-21)5-6-12(14)13-9-26(22(29)25-20(13)28)19-8-16(27)18(38-19)10-37-43(33,34)41-44(35,36)40-42(30,31)32/h1-7,9,16,18-19,27H,8,10H2,(H,33,34)(H,35,36)(H,25,28,29)(H2,30,31,32)/t16-,18+,19+/m0/s1. The van der Waals surface area contributed by atoms with Crippen molar-refractivity contribution >= 4 is 34.6 Å². The van der Waals surface area contributed by atoms with Crippen molar-refractivity contribution in [3.05, 3.63) is 75.3 Å². The van der Waals surface area contributed by atoms with E-state index in [1.54, 1.807) is 24.3 Å². The summed E-state index contributed by atoms with van der Waals surface area (Å²) in [6.07, 6.45) is -3.60. The van der Waals surface area contributed by atoms with E-state index in [9.17, 15) is 38.2 Å². The molecule has 2 unspecified atom stereocenters. The van der Waals surface area contributed by atoms with Gasteiger partial charge < -0.3 is 33.8 Å². The number of phosphoric acid groups is 3. The first kappa shape index (κ1) is 32.2. The molecule has 18 nitrogen and oxygen atoms in total. The first-order valence-electron chi connectivity index (χ1n) is 12.1. The fourth-order valence-electron chi connectivity index (χ4n) is 4.26. The summed E-state index contributed by atoms with van der Waals surface area (Å²) in [6.45, 7) is -0.988. The summed E-state index contributed by atoms with van der Waals surface area (Å²) >= 11 is 0. The van der Waals surface area contributed by atoms with Gasteiger partial charge in [0.2, 0.25) is 5.89 Å². The van der Waals surface area contributed by atoms with E-state index in [0.29, 0.717) is 11.1 Å². The van der Waals surface area contributed by atoms with Gasteiger partial charge in [-0.2, -0.15) is 8.62 Å². The van der Waals surface area contributed by atoms with Crippen molar-refractivity contribution in [3.8, 4) is 22.6 Å². The molecule has 3 heterocycles. The molecule has 22 heteroatoms. The van der Waals surface area contributed by atoms with Gasteiger partial charge in [-0.15, -0.1) is 0 Å². The number of ether oxygens (including phenoxy) is 1. The van der Waals surface area contributed by atoms with Crippen LogP contribution in [0.15, 0.2) is 62.7 Å². The molecule has 236 valence electrons. The van der Waals surface area contributed by atoms with E-state index in [1.807, 2.05) is 4.98 Å². The highest BCUT2D eigenvalue weighted by molar-refractivity contribution is 7.66. The second kappa shape index (κ2) is 12.0. The van der Waals surface area contributed by atoms with Gasteiger partial charge in [-0.1, -0.05) is 18.2 Å². The molecule has 1 fully saturated rings. The second-order valence-corrected chi connectivity index (χ2v) is 13.6. The molecule has 0 spiro atoms. The molecule has 1 saturated heterocycles. The van der Waals surface area contributed by atoms with Crippen molar-refractivity contribution in [1.82, 2.24) is 14.5 Å². The predicted molar refractivity (Wildman–Crippen MR) is 144 cm³/mol. The smallest absolute Gasteiger partial charge is 0.436 e. The fourth-order valence-corrected chi connectivity index (χ4v) is 7.29. The van der Waals surface area contributed by atoms with Crippen molar-refractivity contribution in [3.63, 3.8) is 0 Å².